The van der Waals surface area contributed by atoms with Crippen LogP contribution in [0.4, 0.5) is 16.0 Å². The number of aryl methyl sites for hydroxylation is 1. The lowest BCUT2D eigenvalue weighted by atomic mass is 10.1. The summed E-state index contributed by atoms with van der Waals surface area (Å²) in [4.78, 5) is 29.2. The summed E-state index contributed by atoms with van der Waals surface area (Å²) in [5.41, 5.74) is 1.97. The largest absolute Gasteiger partial charge is 0.324 e. The molecule has 0 bridgehead atoms. The number of carbonyl (C=O) groups is 2. The van der Waals surface area contributed by atoms with Gasteiger partial charge in [-0.25, -0.2) is 9.07 Å². The molecule has 142 valence electrons. The molecule has 0 saturated heterocycles. The van der Waals surface area contributed by atoms with Crippen LogP contribution < -0.4 is 10.6 Å². The van der Waals surface area contributed by atoms with Crippen molar-refractivity contribution in [3.63, 3.8) is 0 Å². The number of nitrogens with one attached hydrogen (secondary N) is 2. The highest BCUT2D eigenvalue weighted by atomic mass is 35.5. The Kier molecular flexibility index (Phi) is 4.56. The van der Waals surface area contributed by atoms with Gasteiger partial charge in [0.15, 0.2) is 5.82 Å². The second-order valence-electron chi connectivity index (χ2n) is 6.43. The zero-order valence-corrected chi connectivity index (χ0v) is 15.5. The molecule has 28 heavy (non-hydrogen) atoms. The number of hydrogen-bond donors (Lipinski definition) is 2. The summed E-state index contributed by atoms with van der Waals surface area (Å²) in [7, 11) is 0. The maximum absolute atomic E-state index is 13.2. The minimum atomic E-state index is -0.871. The van der Waals surface area contributed by atoms with Crippen molar-refractivity contribution in [3.8, 4) is 11.4 Å². The lowest BCUT2D eigenvalue weighted by Crippen LogP contribution is -2.36. The van der Waals surface area contributed by atoms with Gasteiger partial charge in [0.05, 0.1) is 6.42 Å². The first-order chi connectivity index (χ1) is 13.4. The highest BCUT2D eigenvalue weighted by Gasteiger charge is 2.33. The topological polar surface area (TPSA) is 88.9 Å². The molecule has 1 aliphatic rings. The molecule has 0 saturated carbocycles. The normalized spacial score (nSPS) is 15.7. The van der Waals surface area contributed by atoms with Gasteiger partial charge in [-0.15, -0.1) is 5.10 Å². The fourth-order valence-electron chi connectivity index (χ4n) is 2.93. The number of halogens is 2. The Balaban J connectivity index is 1.66. The lowest BCUT2D eigenvalue weighted by molar-refractivity contribution is -0.125. The zero-order valence-electron chi connectivity index (χ0n) is 14.7. The van der Waals surface area contributed by atoms with E-state index in [1.165, 1.54) is 28.9 Å². The SMILES string of the molecule is Cc1ccc(Cl)cc1NC(=O)C1CC(=O)Nc2nc(-c3ccc(F)cc3)nn21. The molecule has 1 aromatic heterocycles. The molecule has 1 unspecified atom stereocenters. The van der Waals surface area contributed by atoms with E-state index >= 15 is 0 Å². The number of hydrogen-bond acceptors (Lipinski definition) is 4. The van der Waals surface area contributed by atoms with Crippen LogP contribution in [-0.4, -0.2) is 26.6 Å². The Morgan fingerprint density at radius 2 is 2.04 bits per heavy atom. The molecule has 0 aliphatic carbocycles. The predicted octanol–water partition coefficient (Wildman–Crippen LogP) is 3.57. The summed E-state index contributed by atoms with van der Waals surface area (Å²) in [5.74, 6) is -0.673. The quantitative estimate of drug-likeness (QED) is 0.704. The lowest BCUT2D eigenvalue weighted by Gasteiger charge is -2.22. The second kappa shape index (κ2) is 7.05. The molecule has 0 spiro atoms. The van der Waals surface area contributed by atoms with E-state index in [0.29, 0.717) is 16.3 Å². The van der Waals surface area contributed by atoms with Crippen LogP contribution in [0.2, 0.25) is 5.02 Å². The number of rotatable bonds is 3. The minimum absolute atomic E-state index is 0.0787. The van der Waals surface area contributed by atoms with Gasteiger partial charge >= 0.3 is 0 Å². The number of nitrogens with zero attached hydrogens (tertiary/aromatic N) is 3. The summed E-state index contributed by atoms with van der Waals surface area (Å²) < 4.78 is 14.5. The summed E-state index contributed by atoms with van der Waals surface area (Å²) in [5, 5.41) is 10.2. The predicted molar refractivity (Wildman–Crippen MR) is 103 cm³/mol. The summed E-state index contributed by atoms with van der Waals surface area (Å²) in [6, 6.07) is 9.93. The summed E-state index contributed by atoms with van der Waals surface area (Å²) in [6.45, 7) is 1.84. The average Bonchev–Trinajstić information content (AvgIpc) is 3.08. The minimum Gasteiger partial charge on any atom is -0.324 e. The monoisotopic (exact) mass is 399 g/mol. The first kappa shape index (κ1) is 18.1. The molecule has 9 heteroatoms. The van der Waals surface area contributed by atoms with Gasteiger partial charge in [-0.2, -0.15) is 4.98 Å². The molecule has 3 aromatic rings. The van der Waals surface area contributed by atoms with Crippen molar-refractivity contribution in [3.05, 3.63) is 58.9 Å². The van der Waals surface area contributed by atoms with Gasteiger partial charge in [-0.05, 0) is 48.9 Å². The molecule has 1 aliphatic heterocycles. The number of anilines is 2. The Morgan fingerprint density at radius 3 is 2.79 bits per heavy atom. The molecule has 2 heterocycles. The number of amides is 2. The maximum atomic E-state index is 13.2. The van der Waals surface area contributed by atoms with Gasteiger partial charge in [-0.3, -0.25) is 14.9 Å². The van der Waals surface area contributed by atoms with Gasteiger partial charge < -0.3 is 5.32 Å². The van der Waals surface area contributed by atoms with E-state index in [-0.39, 0.29) is 29.9 Å². The van der Waals surface area contributed by atoms with E-state index < -0.39 is 11.9 Å². The Hall–Kier alpha value is -3.26. The first-order valence-corrected chi connectivity index (χ1v) is 8.88. The fourth-order valence-corrected chi connectivity index (χ4v) is 3.11. The molecule has 2 amide bonds. The van der Waals surface area contributed by atoms with Gasteiger partial charge in [-0.1, -0.05) is 17.7 Å². The number of fused-ring (bicyclic) bond motifs is 1. The van der Waals surface area contributed by atoms with E-state index in [9.17, 15) is 14.0 Å². The molecule has 0 radical (unpaired) electrons. The van der Waals surface area contributed by atoms with Crippen molar-refractivity contribution in [1.29, 1.82) is 0 Å². The van der Waals surface area contributed by atoms with Gasteiger partial charge in [0, 0.05) is 16.3 Å². The van der Waals surface area contributed by atoms with E-state index in [1.54, 1.807) is 18.2 Å². The van der Waals surface area contributed by atoms with E-state index in [0.717, 1.165) is 5.56 Å². The van der Waals surface area contributed by atoms with Crippen molar-refractivity contribution in [2.75, 3.05) is 10.6 Å². The first-order valence-electron chi connectivity index (χ1n) is 8.50. The molecular formula is C19H15ClFN5O2. The van der Waals surface area contributed by atoms with Crippen molar-refractivity contribution in [1.82, 2.24) is 14.8 Å². The molecule has 2 aromatic carbocycles. The Morgan fingerprint density at radius 1 is 1.29 bits per heavy atom. The molecule has 2 N–H and O–H groups in total. The van der Waals surface area contributed by atoms with Crippen LogP contribution in [0.15, 0.2) is 42.5 Å². The standard InChI is InChI=1S/C19H15ClFN5O2/c1-10-2-5-12(20)8-14(10)22-18(28)15-9-16(27)23-19-24-17(25-26(15)19)11-3-6-13(21)7-4-11/h2-8,15H,9H2,1H3,(H,22,28)(H,23,24,25,27). The van der Waals surface area contributed by atoms with Crippen LogP contribution in [0, 0.1) is 12.7 Å². The third-order valence-corrected chi connectivity index (χ3v) is 4.65. The van der Waals surface area contributed by atoms with E-state index in [4.69, 9.17) is 11.6 Å². The fraction of sp³-hybridized carbons (Fsp3) is 0.158. The number of benzene rings is 2. The zero-order chi connectivity index (χ0) is 19.8. The van der Waals surface area contributed by atoms with Crippen LogP contribution in [0.5, 0.6) is 0 Å². The summed E-state index contributed by atoms with van der Waals surface area (Å²) in [6.07, 6.45) is -0.0787. The average molecular weight is 400 g/mol. The van der Waals surface area contributed by atoms with Crippen LogP contribution >= 0.6 is 11.6 Å². The third kappa shape index (κ3) is 3.46. The highest BCUT2D eigenvalue weighted by molar-refractivity contribution is 6.31. The van der Waals surface area contributed by atoms with Crippen molar-refractivity contribution >= 4 is 35.1 Å². The Bertz CT molecular complexity index is 1080. The number of aromatic nitrogens is 3. The highest BCUT2D eigenvalue weighted by Crippen LogP contribution is 2.28. The van der Waals surface area contributed by atoms with E-state index in [2.05, 4.69) is 20.7 Å². The molecule has 0 fully saturated rings. The van der Waals surface area contributed by atoms with Gasteiger partial charge in [0.25, 0.3) is 0 Å². The van der Waals surface area contributed by atoms with Crippen molar-refractivity contribution in [2.24, 2.45) is 0 Å². The van der Waals surface area contributed by atoms with Crippen molar-refractivity contribution in [2.45, 2.75) is 19.4 Å². The molecule has 7 nitrogen and oxygen atoms in total. The molecule has 1 atom stereocenters. The van der Waals surface area contributed by atoms with Crippen molar-refractivity contribution < 1.29 is 14.0 Å². The van der Waals surface area contributed by atoms with Crippen LogP contribution in [0.1, 0.15) is 18.0 Å². The maximum Gasteiger partial charge on any atom is 0.249 e. The Labute approximate surface area is 164 Å². The number of carbonyl (C=O) groups excluding carboxylic acids is 2. The van der Waals surface area contributed by atoms with Crippen LogP contribution in [-0.2, 0) is 9.59 Å². The summed E-state index contributed by atoms with van der Waals surface area (Å²) >= 11 is 6.00. The smallest absolute Gasteiger partial charge is 0.249 e. The van der Waals surface area contributed by atoms with Gasteiger partial charge in [0.2, 0.25) is 17.8 Å². The van der Waals surface area contributed by atoms with Crippen LogP contribution in [0.25, 0.3) is 11.4 Å². The van der Waals surface area contributed by atoms with E-state index in [1.807, 2.05) is 6.92 Å². The second-order valence-corrected chi connectivity index (χ2v) is 6.86. The molecular weight excluding hydrogens is 385 g/mol. The van der Waals surface area contributed by atoms with Gasteiger partial charge in [0.1, 0.15) is 11.9 Å². The molecule has 4 rings (SSSR count). The van der Waals surface area contributed by atoms with Crippen LogP contribution in [0.3, 0.4) is 0 Å². The third-order valence-electron chi connectivity index (χ3n) is 4.42.